The van der Waals surface area contributed by atoms with Crippen LogP contribution in [0.25, 0.3) is 0 Å². The van der Waals surface area contributed by atoms with Crippen molar-refractivity contribution in [2.75, 3.05) is 4.43 Å². The van der Waals surface area contributed by atoms with Crippen LogP contribution in [0.2, 0.25) is 0 Å². The van der Waals surface area contributed by atoms with Gasteiger partial charge in [-0.3, -0.25) is 0 Å². The molecule has 0 aliphatic carbocycles. The fourth-order valence-electron chi connectivity index (χ4n) is 0.918. The zero-order chi connectivity index (χ0) is 9.36. The quantitative estimate of drug-likeness (QED) is 0.457. The number of ether oxygens (including phenoxy) is 1. The summed E-state index contributed by atoms with van der Waals surface area (Å²) >= 11 is 2.34. The monoisotopic (exact) mass is 288 g/mol. The summed E-state index contributed by atoms with van der Waals surface area (Å²) in [7, 11) is 0. The van der Waals surface area contributed by atoms with Gasteiger partial charge in [-0.05, 0) is 18.1 Å². The lowest BCUT2D eigenvalue weighted by molar-refractivity contribution is 0.235. The first-order valence-electron chi connectivity index (χ1n) is 4.30. The van der Waals surface area contributed by atoms with Crippen LogP contribution in [-0.4, -0.2) is 4.43 Å². The molecule has 2 heteroatoms. The van der Waals surface area contributed by atoms with Gasteiger partial charge in [0.05, 0.1) is 6.26 Å². The average Bonchev–Trinajstić information content (AvgIpc) is 2.19. The maximum absolute atomic E-state index is 5.34. The fraction of sp³-hybridized carbons (Fsp3) is 0.273. The number of halogens is 1. The van der Waals surface area contributed by atoms with Crippen molar-refractivity contribution in [3.8, 4) is 0 Å². The molecule has 0 fully saturated rings. The first-order chi connectivity index (χ1) is 6.43. The minimum atomic E-state index is 0.665. The number of rotatable bonds is 5. The molecule has 0 aromatic heterocycles. The normalized spacial score (nSPS) is 10.5. The Hall–Kier alpha value is -0.510. The van der Waals surface area contributed by atoms with Gasteiger partial charge in [-0.25, -0.2) is 0 Å². The summed E-state index contributed by atoms with van der Waals surface area (Å²) in [4.78, 5) is 0. The van der Waals surface area contributed by atoms with Crippen LogP contribution >= 0.6 is 22.6 Å². The number of allylic oxidation sites excluding steroid dienone is 1. The molecule has 1 rings (SSSR count). The van der Waals surface area contributed by atoms with Crippen LogP contribution in [0.5, 0.6) is 0 Å². The van der Waals surface area contributed by atoms with Gasteiger partial charge in [-0.15, -0.1) is 0 Å². The van der Waals surface area contributed by atoms with E-state index >= 15 is 0 Å². The summed E-state index contributed by atoms with van der Waals surface area (Å²) < 4.78 is 6.48. The molecule has 1 aromatic carbocycles. The topological polar surface area (TPSA) is 9.23 Å². The smallest absolute Gasteiger partial charge is 0.112 e. The first kappa shape index (κ1) is 10.6. The lowest BCUT2D eigenvalue weighted by atomic mass is 10.2. The maximum atomic E-state index is 5.34. The second kappa shape index (κ2) is 6.95. The van der Waals surface area contributed by atoms with E-state index < -0.39 is 0 Å². The van der Waals surface area contributed by atoms with Crippen molar-refractivity contribution in [3.63, 3.8) is 0 Å². The molecule has 70 valence electrons. The van der Waals surface area contributed by atoms with Crippen molar-refractivity contribution in [2.24, 2.45) is 0 Å². The maximum Gasteiger partial charge on any atom is 0.112 e. The summed E-state index contributed by atoms with van der Waals surface area (Å²) in [6.07, 6.45) is 4.91. The van der Waals surface area contributed by atoms with Crippen molar-refractivity contribution in [1.29, 1.82) is 0 Å². The Balaban J connectivity index is 2.20. The highest BCUT2D eigenvalue weighted by Gasteiger charge is 1.87. The number of alkyl halides is 1. The zero-order valence-electron chi connectivity index (χ0n) is 7.45. The van der Waals surface area contributed by atoms with Crippen molar-refractivity contribution in [2.45, 2.75) is 13.0 Å². The van der Waals surface area contributed by atoms with Gasteiger partial charge in [-0.1, -0.05) is 52.9 Å². The Bertz CT molecular complexity index is 244. The molecule has 0 heterocycles. The average molecular weight is 288 g/mol. The highest BCUT2D eigenvalue weighted by Crippen LogP contribution is 2.00. The molecule has 0 saturated heterocycles. The van der Waals surface area contributed by atoms with E-state index in [-0.39, 0.29) is 0 Å². The van der Waals surface area contributed by atoms with E-state index in [1.165, 1.54) is 5.56 Å². The number of benzene rings is 1. The lowest BCUT2D eigenvalue weighted by Gasteiger charge is -1.99. The van der Waals surface area contributed by atoms with Gasteiger partial charge in [0.1, 0.15) is 6.61 Å². The summed E-state index contributed by atoms with van der Waals surface area (Å²) in [5, 5.41) is 0. The molecule has 0 amide bonds. The van der Waals surface area contributed by atoms with Crippen molar-refractivity contribution < 1.29 is 4.74 Å². The molecule has 13 heavy (non-hydrogen) atoms. The Morgan fingerprint density at radius 3 is 2.69 bits per heavy atom. The van der Waals surface area contributed by atoms with Crippen LogP contribution in [0.1, 0.15) is 12.0 Å². The second-order valence-corrected chi connectivity index (χ2v) is 3.72. The fourth-order valence-corrected chi connectivity index (χ4v) is 1.28. The third-order valence-corrected chi connectivity index (χ3v) is 2.18. The van der Waals surface area contributed by atoms with E-state index in [0.717, 1.165) is 10.8 Å². The van der Waals surface area contributed by atoms with E-state index in [2.05, 4.69) is 40.8 Å². The van der Waals surface area contributed by atoms with E-state index in [0.29, 0.717) is 6.61 Å². The Kier molecular flexibility index (Phi) is 5.65. The van der Waals surface area contributed by atoms with E-state index in [4.69, 9.17) is 4.74 Å². The Morgan fingerprint density at radius 2 is 2.00 bits per heavy atom. The molecule has 0 bridgehead atoms. The number of hydrogen-bond donors (Lipinski definition) is 0. The third kappa shape index (κ3) is 4.93. The molecule has 0 saturated carbocycles. The Morgan fingerprint density at radius 1 is 1.23 bits per heavy atom. The standard InChI is InChI=1S/C11H13IO/c12-8-4-5-9-13-10-11-6-2-1-3-7-11/h1-3,5-7,9H,4,8,10H2. The zero-order valence-corrected chi connectivity index (χ0v) is 9.61. The van der Waals surface area contributed by atoms with Gasteiger partial charge in [0.25, 0.3) is 0 Å². The van der Waals surface area contributed by atoms with Gasteiger partial charge < -0.3 is 4.74 Å². The largest absolute Gasteiger partial charge is 0.497 e. The van der Waals surface area contributed by atoms with Gasteiger partial charge in [-0.2, -0.15) is 0 Å². The van der Waals surface area contributed by atoms with Crippen LogP contribution in [0.4, 0.5) is 0 Å². The van der Waals surface area contributed by atoms with Crippen molar-refractivity contribution in [3.05, 3.63) is 48.2 Å². The van der Waals surface area contributed by atoms with Crippen LogP contribution in [0.3, 0.4) is 0 Å². The minimum absolute atomic E-state index is 0.665. The van der Waals surface area contributed by atoms with Gasteiger partial charge in [0.15, 0.2) is 0 Å². The molecule has 0 spiro atoms. The molecule has 0 unspecified atom stereocenters. The highest BCUT2D eigenvalue weighted by molar-refractivity contribution is 14.1. The van der Waals surface area contributed by atoms with E-state index in [1.807, 2.05) is 18.2 Å². The Labute approximate surface area is 92.9 Å². The number of hydrogen-bond acceptors (Lipinski definition) is 1. The molecule has 1 nitrogen and oxygen atoms in total. The molecule has 0 atom stereocenters. The van der Waals surface area contributed by atoms with Gasteiger partial charge in [0.2, 0.25) is 0 Å². The lowest BCUT2D eigenvalue weighted by Crippen LogP contribution is -1.84. The highest BCUT2D eigenvalue weighted by atomic mass is 127. The summed E-state index contributed by atoms with van der Waals surface area (Å²) in [5.41, 5.74) is 1.21. The van der Waals surface area contributed by atoms with E-state index in [9.17, 15) is 0 Å². The third-order valence-electron chi connectivity index (χ3n) is 1.56. The van der Waals surface area contributed by atoms with Gasteiger partial charge >= 0.3 is 0 Å². The summed E-state index contributed by atoms with van der Waals surface area (Å²) in [5.74, 6) is 0. The minimum Gasteiger partial charge on any atom is -0.497 e. The van der Waals surface area contributed by atoms with Crippen LogP contribution in [0.15, 0.2) is 42.7 Å². The van der Waals surface area contributed by atoms with Crippen LogP contribution in [-0.2, 0) is 11.3 Å². The molecule has 0 aliphatic rings. The van der Waals surface area contributed by atoms with Crippen molar-refractivity contribution >= 4 is 22.6 Å². The molecular weight excluding hydrogens is 275 g/mol. The van der Waals surface area contributed by atoms with Gasteiger partial charge in [0, 0.05) is 4.43 Å². The predicted molar refractivity (Wildman–Crippen MR) is 63.9 cm³/mol. The van der Waals surface area contributed by atoms with Crippen LogP contribution < -0.4 is 0 Å². The molecular formula is C11H13IO. The molecule has 0 N–H and O–H groups in total. The van der Waals surface area contributed by atoms with Crippen molar-refractivity contribution in [1.82, 2.24) is 0 Å². The second-order valence-electron chi connectivity index (χ2n) is 2.65. The summed E-state index contributed by atoms with van der Waals surface area (Å²) in [6, 6.07) is 10.2. The predicted octanol–water partition coefficient (Wildman–Crippen LogP) is 3.54. The summed E-state index contributed by atoms with van der Waals surface area (Å²) in [6.45, 7) is 0.665. The SMILES string of the molecule is ICCC=COCc1ccccc1. The molecule has 0 radical (unpaired) electrons. The first-order valence-corrected chi connectivity index (χ1v) is 5.82. The van der Waals surface area contributed by atoms with Crippen LogP contribution in [0, 0.1) is 0 Å². The van der Waals surface area contributed by atoms with E-state index in [1.54, 1.807) is 6.26 Å². The molecule has 1 aromatic rings. The molecule has 0 aliphatic heterocycles.